The molecular weight excluding hydrogens is 300 g/mol. The van der Waals surface area contributed by atoms with E-state index in [4.69, 9.17) is 0 Å². The van der Waals surface area contributed by atoms with Crippen LogP contribution >= 0.6 is 11.3 Å². The lowest BCUT2D eigenvalue weighted by Gasteiger charge is -2.11. The van der Waals surface area contributed by atoms with E-state index < -0.39 is 0 Å². The minimum absolute atomic E-state index is 0.0201. The van der Waals surface area contributed by atoms with Gasteiger partial charge in [-0.3, -0.25) is 14.2 Å². The fraction of sp³-hybridized carbons (Fsp3) is 0.333. The summed E-state index contributed by atoms with van der Waals surface area (Å²) in [6.45, 7) is 3.91. The van der Waals surface area contributed by atoms with Crippen LogP contribution < -0.4 is 10.9 Å². The Labute approximate surface area is 130 Å². The van der Waals surface area contributed by atoms with Crippen molar-refractivity contribution in [2.24, 2.45) is 0 Å². The van der Waals surface area contributed by atoms with E-state index in [1.807, 2.05) is 26.0 Å². The molecule has 0 saturated heterocycles. The van der Waals surface area contributed by atoms with Gasteiger partial charge < -0.3 is 5.32 Å². The first-order valence-corrected chi connectivity index (χ1v) is 7.93. The minimum atomic E-state index is -0.202. The zero-order valence-corrected chi connectivity index (χ0v) is 13.2. The SMILES string of the molecule is CCC(C)NC(=O)Cn1cnc2c(sc3ncccc32)c1=O. The van der Waals surface area contributed by atoms with Gasteiger partial charge in [0.05, 0.1) is 11.8 Å². The van der Waals surface area contributed by atoms with Crippen molar-refractivity contribution < 1.29 is 4.79 Å². The van der Waals surface area contributed by atoms with Crippen LogP contribution in [-0.2, 0) is 11.3 Å². The summed E-state index contributed by atoms with van der Waals surface area (Å²) < 4.78 is 1.88. The maximum atomic E-state index is 12.5. The molecule has 1 atom stereocenters. The third kappa shape index (κ3) is 2.59. The van der Waals surface area contributed by atoms with E-state index in [0.717, 1.165) is 16.6 Å². The van der Waals surface area contributed by atoms with Gasteiger partial charge in [0.25, 0.3) is 5.56 Å². The number of hydrogen-bond donors (Lipinski definition) is 1. The predicted molar refractivity (Wildman–Crippen MR) is 87.1 cm³/mol. The Kier molecular flexibility index (Phi) is 3.89. The molecule has 0 aromatic carbocycles. The summed E-state index contributed by atoms with van der Waals surface area (Å²) in [5.74, 6) is -0.183. The highest BCUT2D eigenvalue weighted by molar-refractivity contribution is 7.25. The van der Waals surface area contributed by atoms with Crippen molar-refractivity contribution in [3.63, 3.8) is 0 Å². The van der Waals surface area contributed by atoms with Gasteiger partial charge in [-0.25, -0.2) is 9.97 Å². The minimum Gasteiger partial charge on any atom is -0.352 e. The standard InChI is InChI=1S/C15H16N4O2S/c1-3-9(2)18-11(20)7-19-8-17-12-10-5-4-6-16-14(10)22-13(12)15(19)21/h4-6,8-9H,3,7H2,1-2H3,(H,18,20). The van der Waals surface area contributed by atoms with E-state index in [1.54, 1.807) is 6.20 Å². The monoisotopic (exact) mass is 316 g/mol. The van der Waals surface area contributed by atoms with E-state index in [9.17, 15) is 9.59 Å². The molecule has 3 aromatic rings. The van der Waals surface area contributed by atoms with Crippen molar-refractivity contribution in [3.8, 4) is 0 Å². The summed E-state index contributed by atoms with van der Waals surface area (Å²) in [5, 5.41) is 3.72. The van der Waals surface area contributed by atoms with Crippen molar-refractivity contribution in [2.45, 2.75) is 32.9 Å². The first-order valence-electron chi connectivity index (χ1n) is 7.12. The number of fused-ring (bicyclic) bond motifs is 3. The molecule has 0 aliphatic rings. The summed E-state index contributed by atoms with van der Waals surface area (Å²) in [6.07, 6.45) is 3.97. The van der Waals surface area contributed by atoms with Crippen LogP contribution in [0.3, 0.4) is 0 Å². The van der Waals surface area contributed by atoms with Crippen molar-refractivity contribution in [1.29, 1.82) is 0 Å². The van der Waals surface area contributed by atoms with Crippen molar-refractivity contribution in [1.82, 2.24) is 19.9 Å². The molecule has 3 rings (SSSR count). The number of aromatic nitrogens is 3. The van der Waals surface area contributed by atoms with Gasteiger partial charge in [0.1, 0.15) is 16.1 Å². The number of thiophene rings is 1. The Hall–Kier alpha value is -2.28. The second kappa shape index (κ2) is 5.84. The average molecular weight is 316 g/mol. The zero-order valence-electron chi connectivity index (χ0n) is 12.4. The number of carbonyl (C=O) groups is 1. The second-order valence-corrected chi connectivity index (χ2v) is 6.19. The normalized spacial score (nSPS) is 12.6. The van der Waals surface area contributed by atoms with Crippen LogP contribution in [-0.4, -0.2) is 26.5 Å². The van der Waals surface area contributed by atoms with Crippen LogP contribution in [0.4, 0.5) is 0 Å². The first kappa shape index (κ1) is 14.6. The van der Waals surface area contributed by atoms with E-state index >= 15 is 0 Å². The van der Waals surface area contributed by atoms with Crippen LogP contribution in [0.1, 0.15) is 20.3 Å². The number of hydrogen-bond acceptors (Lipinski definition) is 5. The maximum Gasteiger partial charge on any atom is 0.271 e. The highest BCUT2D eigenvalue weighted by Crippen LogP contribution is 2.27. The van der Waals surface area contributed by atoms with Crippen molar-refractivity contribution >= 4 is 37.7 Å². The molecular formula is C15H16N4O2S. The van der Waals surface area contributed by atoms with E-state index in [1.165, 1.54) is 22.2 Å². The van der Waals surface area contributed by atoms with Crippen molar-refractivity contribution in [3.05, 3.63) is 35.0 Å². The van der Waals surface area contributed by atoms with Crippen LogP contribution in [0.25, 0.3) is 20.4 Å². The summed E-state index contributed by atoms with van der Waals surface area (Å²) in [7, 11) is 0. The van der Waals surface area contributed by atoms with Gasteiger partial charge in [0.2, 0.25) is 5.91 Å². The molecule has 1 unspecified atom stereocenters. The van der Waals surface area contributed by atoms with Crippen LogP contribution in [0.15, 0.2) is 29.5 Å². The van der Waals surface area contributed by atoms with Gasteiger partial charge in [0.15, 0.2) is 0 Å². The Morgan fingerprint density at radius 3 is 3.05 bits per heavy atom. The van der Waals surface area contributed by atoms with E-state index in [0.29, 0.717) is 10.2 Å². The average Bonchev–Trinajstić information content (AvgIpc) is 2.89. The largest absolute Gasteiger partial charge is 0.352 e. The number of nitrogens with zero attached hydrogens (tertiary/aromatic N) is 3. The van der Waals surface area contributed by atoms with Gasteiger partial charge >= 0.3 is 0 Å². The van der Waals surface area contributed by atoms with E-state index in [2.05, 4.69) is 15.3 Å². The summed E-state index contributed by atoms with van der Waals surface area (Å²) in [5.41, 5.74) is 0.448. The maximum absolute atomic E-state index is 12.5. The van der Waals surface area contributed by atoms with Crippen LogP contribution in [0.2, 0.25) is 0 Å². The van der Waals surface area contributed by atoms with Crippen molar-refractivity contribution in [2.75, 3.05) is 0 Å². The molecule has 0 spiro atoms. The third-order valence-corrected chi connectivity index (χ3v) is 4.65. The Bertz CT molecular complexity index is 899. The molecule has 114 valence electrons. The number of nitrogens with one attached hydrogen (secondary N) is 1. The van der Waals surface area contributed by atoms with E-state index in [-0.39, 0.29) is 24.1 Å². The summed E-state index contributed by atoms with van der Waals surface area (Å²) in [4.78, 5) is 33.8. The number of rotatable bonds is 4. The molecule has 1 N–H and O–H groups in total. The Morgan fingerprint density at radius 1 is 1.45 bits per heavy atom. The van der Waals surface area contributed by atoms with Gasteiger partial charge in [-0.2, -0.15) is 0 Å². The Morgan fingerprint density at radius 2 is 2.27 bits per heavy atom. The fourth-order valence-corrected chi connectivity index (χ4v) is 3.24. The van der Waals surface area contributed by atoms with Gasteiger partial charge in [-0.05, 0) is 25.5 Å². The van der Waals surface area contributed by atoms with Gasteiger partial charge in [-0.15, -0.1) is 11.3 Å². The number of carbonyl (C=O) groups excluding carboxylic acids is 1. The zero-order chi connectivity index (χ0) is 15.7. The fourth-order valence-electron chi connectivity index (χ4n) is 2.19. The molecule has 22 heavy (non-hydrogen) atoms. The first-order chi connectivity index (χ1) is 10.6. The molecule has 7 heteroatoms. The number of pyridine rings is 1. The molecule has 0 aliphatic heterocycles. The molecule has 3 heterocycles. The molecule has 0 bridgehead atoms. The van der Waals surface area contributed by atoms with Gasteiger partial charge in [0, 0.05) is 17.6 Å². The molecule has 6 nitrogen and oxygen atoms in total. The smallest absolute Gasteiger partial charge is 0.271 e. The quantitative estimate of drug-likeness (QED) is 0.798. The topological polar surface area (TPSA) is 76.9 Å². The molecule has 0 saturated carbocycles. The molecule has 0 aliphatic carbocycles. The molecule has 3 aromatic heterocycles. The lowest BCUT2D eigenvalue weighted by Crippen LogP contribution is -2.37. The second-order valence-electron chi connectivity index (χ2n) is 5.19. The molecule has 1 amide bonds. The predicted octanol–water partition coefficient (Wildman–Crippen LogP) is 1.92. The summed E-state index contributed by atoms with van der Waals surface area (Å²) >= 11 is 1.31. The highest BCUT2D eigenvalue weighted by Gasteiger charge is 2.14. The molecule has 0 fully saturated rings. The Balaban J connectivity index is 1.98. The number of amides is 1. The van der Waals surface area contributed by atoms with Crippen LogP contribution in [0, 0.1) is 0 Å². The summed E-state index contributed by atoms with van der Waals surface area (Å²) in [6, 6.07) is 3.81. The van der Waals surface area contributed by atoms with Crippen LogP contribution in [0.5, 0.6) is 0 Å². The third-order valence-electron chi connectivity index (χ3n) is 3.56. The lowest BCUT2D eigenvalue weighted by atomic mass is 10.2. The molecule has 0 radical (unpaired) electrons. The lowest BCUT2D eigenvalue weighted by molar-refractivity contribution is -0.122. The highest BCUT2D eigenvalue weighted by atomic mass is 32.1. The van der Waals surface area contributed by atoms with Gasteiger partial charge in [-0.1, -0.05) is 6.92 Å².